The Morgan fingerprint density at radius 1 is 1.22 bits per heavy atom. The van der Waals surface area contributed by atoms with Gasteiger partial charge in [-0.1, -0.05) is 14.9 Å². The second-order valence-electron chi connectivity index (χ2n) is 1.33. The maximum atomic E-state index is 9.89. The van der Waals surface area contributed by atoms with Crippen LogP contribution in [0.3, 0.4) is 0 Å². The number of nitrogens with zero attached hydrogens (tertiary/aromatic N) is 1. The van der Waals surface area contributed by atoms with Gasteiger partial charge < -0.3 is 4.90 Å². The van der Waals surface area contributed by atoms with Gasteiger partial charge in [0, 0.05) is 13.1 Å². The summed E-state index contributed by atoms with van der Waals surface area (Å²) in [6.07, 6.45) is 0.861. The van der Waals surface area contributed by atoms with Crippen molar-refractivity contribution >= 4 is 6.41 Å². The van der Waals surface area contributed by atoms with Crippen molar-refractivity contribution in [3.63, 3.8) is 0 Å². The van der Waals surface area contributed by atoms with Crippen molar-refractivity contribution in [1.29, 1.82) is 0 Å². The minimum Gasteiger partial charge on any atom is -0.346 e. The average Bonchev–Trinajstić information content (AvgIpc) is 1.72. The van der Waals surface area contributed by atoms with Gasteiger partial charge in [-0.2, -0.15) is 0 Å². The molecule has 9 heavy (non-hydrogen) atoms. The van der Waals surface area contributed by atoms with E-state index in [0.717, 1.165) is 19.5 Å². The van der Waals surface area contributed by atoms with Crippen LogP contribution in [0.2, 0.25) is 0 Å². The Hall–Kier alpha value is -0.530. The first-order valence-corrected chi connectivity index (χ1v) is 2.54. The van der Waals surface area contributed by atoms with Crippen LogP contribution in [0, 0.1) is 0 Å². The third kappa shape index (κ3) is 7.47. The molecule has 0 N–H and O–H groups in total. The molecule has 0 atom stereocenters. The highest BCUT2D eigenvalue weighted by atomic mass is 16.1. The molecule has 0 heterocycles. The van der Waals surface area contributed by atoms with Crippen molar-refractivity contribution in [3.05, 3.63) is 0 Å². The summed E-state index contributed by atoms with van der Waals surface area (Å²) < 4.78 is 0. The summed E-state index contributed by atoms with van der Waals surface area (Å²) in [5.74, 6) is 0. The van der Waals surface area contributed by atoms with E-state index in [-0.39, 0.29) is 14.9 Å². The fourth-order valence-corrected chi connectivity index (χ4v) is 0.373. The van der Waals surface area contributed by atoms with Crippen molar-refractivity contribution < 1.29 is 4.79 Å². The molecule has 2 nitrogen and oxygen atoms in total. The van der Waals surface area contributed by atoms with Crippen LogP contribution >= 0.6 is 0 Å². The van der Waals surface area contributed by atoms with E-state index in [1.807, 2.05) is 13.8 Å². The van der Waals surface area contributed by atoms with Crippen LogP contribution in [0.25, 0.3) is 0 Å². The summed E-state index contributed by atoms with van der Waals surface area (Å²) in [7, 11) is 0. The Kier molecular flexibility index (Phi) is 18.3. The molecule has 0 aromatic rings. The van der Waals surface area contributed by atoms with E-state index in [4.69, 9.17) is 0 Å². The molecular weight excluding hydrogens is 114 g/mol. The first kappa shape index (κ1) is 15.8. The molecule has 58 valence electrons. The van der Waals surface area contributed by atoms with Crippen LogP contribution in [0.5, 0.6) is 0 Å². The molecule has 2 heteroatoms. The van der Waals surface area contributed by atoms with Crippen LogP contribution in [0.15, 0.2) is 0 Å². The standard InChI is InChI=1S/C5H11NO.2CH4/c1-3-6(4-2)5-7;;/h5H,3-4H2,1-2H3;2*1H4. The zero-order valence-corrected chi connectivity index (χ0v) is 4.85. The molecule has 0 aromatic carbocycles. The summed E-state index contributed by atoms with van der Waals surface area (Å²) in [6, 6.07) is 0. The quantitative estimate of drug-likeness (QED) is 0.537. The highest BCUT2D eigenvalue weighted by Gasteiger charge is 1.87. The van der Waals surface area contributed by atoms with Gasteiger partial charge >= 0.3 is 0 Å². The van der Waals surface area contributed by atoms with Crippen molar-refractivity contribution in [3.8, 4) is 0 Å². The van der Waals surface area contributed by atoms with Gasteiger partial charge in [0.1, 0.15) is 0 Å². The van der Waals surface area contributed by atoms with Gasteiger partial charge in [-0.3, -0.25) is 4.79 Å². The largest absolute Gasteiger partial charge is 0.346 e. The number of amides is 1. The van der Waals surface area contributed by atoms with E-state index in [0.29, 0.717) is 0 Å². The zero-order chi connectivity index (χ0) is 5.70. The van der Waals surface area contributed by atoms with Crippen LogP contribution < -0.4 is 0 Å². The van der Waals surface area contributed by atoms with Gasteiger partial charge in [0.25, 0.3) is 0 Å². The van der Waals surface area contributed by atoms with Gasteiger partial charge in [0.15, 0.2) is 0 Å². The van der Waals surface area contributed by atoms with Gasteiger partial charge in [-0.25, -0.2) is 0 Å². The highest BCUT2D eigenvalue weighted by molar-refractivity contribution is 5.46. The lowest BCUT2D eigenvalue weighted by Gasteiger charge is -2.08. The molecule has 0 aliphatic rings. The minimum atomic E-state index is 0. The number of carbonyl (C=O) groups excluding carboxylic acids is 1. The minimum absolute atomic E-state index is 0. The molecule has 1 amide bonds. The molecular formula is C7H19NO. The van der Waals surface area contributed by atoms with E-state index in [1.54, 1.807) is 4.90 Å². The van der Waals surface area contributed by atoms with E-state index >= 15 is 0 Å². The summed E-state index contributed by atoms with van der Waals surface area (Å²) in [4.78, 5) is 11.6. The predicted molar refractivity (Wildman–Crippen MR) is 42.4 cm³/mol. The molecule has 0 bridgehead atoms. The van der Waals surface area contributed by atoms with Gasteiger partial charge in [0.05, 0.1) is 0 Å². The van der Waals surface area contributed by atoms with Gasteiger partial charge in [-0.15, -0.1) is 0 Å². The predicted octanol–water partition coefficient (Wildman–Crippen LogP) is 1.76. The van der Waals surface area contributed by atoms with Gasteiger partial charge in [-0.05, 0) is 13.8 Å². The summed E-state index contributed by atoms with van der Waals surface area (Å²) in [6.45, 7) is 5.55. The smallest absolute Gasteiger partial charge is 0.209 e. The second-order valence-corrected chi connectivity index (χ2v) is 1.33. The molecule has 0 saturated carbocycles. The maximum absolute atomic E-state index is 9.89. The number of hydrogen-bond acceptors (Lipinski definition) is 1. The van der Waals surface area contributed by atoms with Crippen molar-refractivity contribution in [2.24, 2.45) is 0 Å². The summed E-state index contributed by atoms with van der Waals surface area (Å²) >= 11 is 0. The third-order valence-corrected chi connectivity index (χ3v) is 0.961. The SMILES string of the molecule is C.C.CCN(C=O)CC. The molecule has 0 aromatic heterocycles. The normalized spacial score (nSPS) is 6.44. The fourth-order valence-electron chi connectivity index (χ4n) is 0.373. The number of carbonyl (C=O) groups is 1. The highest BCUT2D eigenvalue weighted by Crippen LogP contribution is 1.75. The molecule has 0 unspecified atom stereocenters. The molecule has 0 saturated heterocycles. The molecule has 0 fully saturated rings. The number of rotatable bonds is 3. The van der Waals surface area contributed by atoms with Crippen molar-refractivity contribution in [2.45, 2.75) is 28.7 Å². The van der Waals surface area contributed by atoms with Gasteiger partial charge in [0.2, 0.25) is 6.41 Å². The van der Waals surface area contributed by atoms with Crippen molar-refractivity contribution in [2.75, 3.05) is 13.1 Å². The first-order valence-electron chi connectivity index (χ1n) is 2.54. The number of hydrogen-bond donors (Lipinski definition) is 0. The Labute approximate surface area is 58.9 Å². The van der Waals surface area contributed by atoms with E-state index in [2.05, 4.69) is 0 Å². The lowest BCUT2D eigenvalue weighted by atomic mass is 10.6. The van der Waals surface area contributed by atoms with E-state index in [1.165, 1.54) is 0 Å². The molecule has 0 spiro atoms. The van der Waals surface area contributed by atoms with E-state index in [9.17, 15) is 4.79 Å². The molecule has 0 rings (SSSR count). The fraction of sp³-hybridized carbons (Fsp3) is 0.857. The van der Waals surface area contributed by atoms with E-state index < -0.39 is 0 Å². The van der Waals surface area contributed by atoms with Crippen LogP contribution in [0.1, 0.15) is 28.7 Å². The van der Waals surface area contributed by atoms with Crippen LogP contribution in [-0.4, -0.2) is 24.4 Å². The topological polar surface area (TPSA) is 20.3 Å². The second kappa shape index (κ2) is 10.5. The average molecular weight is 133 g/mol. The Morgan fingerprint density at radius 2 is 1.56 bits per heavy atom. The van der Waals surface area contributed by atoms with Crippen molar-refractivity contribution in [1.82, 2.24) is 4.90 Å². The molecule has 0 aliphatic carbocycles. The van der Waals surface area contributed by atoms with Crippen LogP contribution in [0.4, 0.5) is 0 Å². The first-order chi connectivity index (χ1) is 3.35. The monoisotopic (exact) mass is 133 g/mol. The molecule has 0 aliphatic heterocycles. The Balaban J connectivity index is -0.000000180. The zero-order valence-electron chi connectivity index (χ0n) is 4.85. The summed E-state index contributed by atoms with van der Waals surface area (Å²) in [5, 5.41) is 0. The van der Waals surface area contributed by atoms with Crippen LogP contribution in [-0.2, 0) is 4.79 Å². The maximum Gasteiger partial charge on any atom is 0.209 e. The lowest BCUT2D eigenvalue weighted by molar-refractivity contribution is -0.117. The Bertz CT molecular complexity index is 50.9. The lowest BCUT2D eigenvalue weighted by Crippen LogP contribution is -2.19. The molecule has 0 radical (unpaired) electrons. The third-order valence-electron chi connectivity index (χ3n) is 0.961. The Morgan fingerprint density at radius 3 is 1.56 bits per heavy atom. The summed E-state index contributed by atoms with van der Waals surface area (Å²) in [5.41, 5.74) is 0.